The molecule has 5 heteroatoms. The quantitative estimate of drug-likeness (QED) is 0.724. The normalized spacial score (nSPS) is 9.67. The van der Waals surface area contributed by atoms with E-state index in [0.29, 0.717) is 0 Å². The molecule has 0 aliphatic rings. The summed E-state index contributed by atoms with van der Waals surface area (Å²) < 4.78 is 1.14. The average molecular weight is 206 g/mol. The lowest BCUT2D eigenvalue weighted by molar-refractivity contribution is 0.655. The van der Waals surface area contributed by atoms with Crippen LogP contribution in [0, 0.1) is 11.3 Å². The van der Waals surface area contributed by atoms with E-state index >= 15 is 0 Å². The molecule has 0 amide bonds. The Kier molecular flexibility index (Phi) is 3.86. The van der Waals surface area contributed by atoms with Gasteiger partial charge < -0.3 is 4.90 Å². The maximum atomic E-state index is 11.5. The zero-order chi connectivity index (χ0) is 11.3. The van der Waals surface area contributed by atoms with E-state index in [9.17, 15) is 4.79 Å². The molecule has 0 aliphatic carbocycles. The molecule has 1 aromatic heterocycles. The lowest BCUT2D eigenvalue weighted by Crippen LogP contribution is -2.25. The van der Waals surface area contributed by atoms with Gasteiger partial charge in [-0.25, -0.2) is 4.68 Å². The Bertz CT molecular complexity index is 418. The zero-order valence-electron chi connectivity index (χ0n) is 8.97. The van der Waals surface area contributed by atoms with Gasteiger partial charge in [0.25, 0.3) is 5.56 Å². The van der Waals surface area contributed by atoms with Crippen molar-refractivity contribution in [3.05, 3.63) is 22.6 Å². The first kappa shape index (κ1) is 11.2. The van der Waals surface area contributed by atoms with Crippen LogP contribution in [0.2, 0.25) is 0 Å². The Morgan fingerprint density at radius 2 is 2.40 bits per heavy atom. The molecular formula is C10H14N4O. The van der Waals surface area contributed by atoms with Crippen molar-refractivity contribution in [1.29, 1.82) is 5.26 Å². The number of hydrogen-bond donors (Lipinski definition) is 0. The molecule has 0 aromatic carbocycles. The van der Waals surface area contributed by atoms with Gasteiger partial charge in [-0.3, -0.25) is 4.79 Å². The van der Waals surface area contributed by atoms with Crippen LogP contribution in [0.25, 0.3) is 0 Å². The van der Waals surface area contributed by atoms with Crippen molar-refractivity contribution >= 4 is 5.69 Å². The molecule has 0 saturated carbocycles. The molecule has 1 heterocycles. The van der Waals surface area contributed by atoms with E-state index in [1.54, 1.807) is 6.20 Å². The summed E-state index contributed by atoms with van der Waals surface area (Å²) in [5, 5.41) is 12.4. The molecule has 1 aromatic rings. The Morgan fingerprint density at radius 3 is 2.93 bits per heavy atom. The maximum Gasteiger partial charge on any atom is 0.269 e. The van der Waals surface area contributed by atoms with E-state index in [1.165, 1.54) is 6.07 Å². The van der Waals surface area contributed by atoms with Gasteiger partial charge in [0.05, 0.1) is 18.0 Å². The predicted octanol–water partition coefficient (Wildman–Crippen LogP) is 0.613. The van der Waals surface area contributed by atoms with E-state index in [-0.39, 0.29) is 12.1 Å². The summed E-state index contributed by atoms with van der Waals surface area (Å²) in [5.74, 6) is 0. The summed E-state index contributed by atoms with van der Waals surface area (Å²) in [4.78, 5) is 13.4. The molecule has 0 fully saturated rings. The lowest BCUT2D eigenvalue weighted by Gasteiger charge is -2.17. The van der Waals surface area contributed by atoms with Crippen molar-refractivity contribution in [3.8, 4) is 6.07 Å². The van der Waals surface area contributed by atoms with E-state index in [1.807, 2.05) is 18.0 Å². The van der Waals surface area contributed by atoms with Crippen molar-refractivity contribution < 1.29 is 0 Å². The van der Waals surface area contributed by atoms with Crippen LogP contribution in [0.15, 0.2) is 17.1 Å². The van der Waals surface area contributed by atoms with Crippen molar-refractivity contribution in [2.24, 2.45) is 0 Å². The molecule has 0 N–H and O–H groups in total. The average Bonchev–Trinajstić information content (AvgIpc) is 2.21. The number of hydrogen-bond acceptors (Lipinski definition) is 4. The third kappa shape index (κ3) is 2.81. The second-order valence-electron chi connectivity index (χ2n) is 3.29. The van der Waals surface area contributed by atoms with Crippen LogP contribution in [0.5, 0.6) is 0 Å². The predicted molar refractivity (Wildman–Crippen MR) is 57.7 cm³/mol. The molecule has 0 unspecified atom stereocenters. The Balaban J connectivity index is 2.92. The molecule has 0 bridgehead atoms. The van der Waals surface area contributed by atoms with Crippen molar-refractivity contribution in [3.63, 3.8) is 0 Å². The van der Waals surface area contributed by atoms with Gasteiger partial charge in [0.1, 0.15) is 6.54 Å². The highest BCUT2D eigenvalue weighted by Gasteiger charge is 2.03. The van der Waals surface area contributed by atoms with E-state index in [2.05, 4.69) is 12.0 Å². The summed E-state index contributed by atoms with van der Waals surface area (Å²) in [5.41, 5.74) is 0.549. The highest BCUT2D eigenvalue weighted by Crippen LogP contribution is 2.06. The molecule has 0 radical (unpaired) electrons. The van der Waals surface area contributed by atoms with Gasteiger partial charge in [-0.15, -0.1) is 0 Å². The molecule has 5 nitrogen and oxygen atoms in total. The van der Waals surface area contributed by atoms with E-state index < -0.39 is 0 Å². The molecule has 0 aliphatic heterocycles. The Hall–Kier alpha value is -1.83. The summed E-state index contributed by atoms with van der Waals surface area (Å²) in [6.07, 6.45) is 2.62. The fourth-order valence-electron chi connectivity index (χ4n) is 1.28. The number of rotatable bonds is 4. The highest BCUT2D eigenvalue weighted by molar-refractivity contribution is 5.41. The van der Waals surface area contributed by atoms with Gasteiger partial charge >= 0.3 is 0 Å². The molecular weight excluding hydrogens is 192 g/mol. The third-order valence-electron chi connectivity index (χ3n) is 2.08. The lowest BCUT2D eigenvalue weighted by atomic mass is 10.3. The van der Waals surface area contributed by atoms with Crippen LogP contribution < -0.4 is 10.5 Å². The Labute approximate surface area is 88.6 Å². The van der Waals surface area contributed by atoms with Crippen LogP contribution in [-0.4, -0.2) is 23.4 Å². The first-order chi connectivity index (χ1) is 7.19. The Morgan fingerprint density at radius 1 is 1.67 bits per heavy atom. The minimum Gasteiger partial charge on any atom is -0.373 e. The highest BCUT2D eigenvalue weighted by atomic mass is 16.1. The maximum absolute atomic E-state index is 11.5. The second-order valence-corrected chi connectivity index (χ2v) is 3.29. The van der Waals surface area contributed by atoms with Gasteiger partial charge in [0.15, 0.2) is 0 Å². The molecule has 80 valence electrons. The number of nitrogens with zero attached hydrogens (tertiary/aromatic N) is 4. The fraction of sp³-hybridized carbons (Fsp3) is 0.500. The molecule has 1 rings (SSSR count). The first-order valence-electron chi connectivity index (χ1n) is 4.84. The summed E-state index contributed by atoms with van der Waals surface area (Å²) in [6, 6.07) is 3.39. The number of anilines is 1. The van der Waals surface area contributed by atoms with Gasteiger partial charge in [0, 0.05) is 19.7 Å². The van der Waals surface area contributed by atoms with Crippen molar-refractivity contribution in [1.82, 2.24) is 9.78 Å². The molecule has 0 saturated heterocycles. The largest absolute Gasteiger partial charge is 0.373 e. The number of aromatic nitrogens is 2. The van der Waals surface area contributed by atoms with Gasteiger partial charge in [-0.1, -0.05) is 6.92 Å². The van der Waals surface area contributed by atoms with Crippen LogP contribution in [0.3, 0.4) is 0 Å². The summed E-state index contributed by atoms with van der Waals surface area (Å²) >= 11 is 0. The first-order valence-corrected chi connectivity index (χ1v) is 4.84. The molecule has 0 spiro atoms. The smallest absolute Gasteiger partial charge is 0.269 e. The third-order valence-corrected chi connectivity index (χ3v) is 2.08. The van der Waals surface area contributed by atoms with Crippen molar-refractivity contribution in [2.75, 3.05) is 18.5 Å². The standard InChI is InChI=1S/C10H14N4O/c1-3-5-13(2)9-7-10(15)14(6-4-11)12-8-9/h7-8H,3,5-6H2,1-2H3. The second kappa shape index (κ2) is 5.15. The van der Waals surface area contributed by atoms with Crippen LogP contribution >= 0.6 is 0 Å². The zero-order valence-corrected chi connectivity index (χ0v) is 8.97. The van der Waals surface area contributed by atoms with Gasteiger partial charge in [0.2, 0.25) is 0 Å². The molecule has 15 heavy (non-hydrogen) atoms. The monoisotopic (exact) mass is 206 g/mol. The topological polar surface area (TPSA) is 61.9 Å². The SMILES string of the molecule is CCCN(C)c1cnn(CC#N)c(=O)c1. The van der Waals surface area contributed by atoms with Crippen LogP contribution in [-0.2, 0) is 6.54 Å². The fourth-order valence-corrected chi connectivity index (χ4v) is 1.28. The van der Waals surface area contributed by atoms with Crippen LogP contribution in [0.4, 0.5) is 5.69 Å². The van der Waals surface area contributed by atoms with Crippen LogP contribution in [0.1, 0.15) is 13.3 Å². The molecule has 0 atom stereocenters. The summed E-state index contributed by atoms with van der Waals surface area (Å²) in [7, 11) is 1.91. The van der Waals surface area contributed by atoms with Crippen molar-refractivity contribution in [2.45, 2.75) is 19.9 Å². The number of nitriles is 1. The van der Waals surface area contributed by atoms with Gasteiger partial charge in [-0.05, 0) is 6.42 Å². The van der Waals surface area contributed by atoms with E-state index in [0.717, 1.165) is 23.3 Å². The minimum atomic E-state index is -0.239. The van der Waals surface area contributed by atoms with Gasteiger partial charge in [-0.2, -0.15) is 10.4 Å². The summed E-state index contributed by atoms with van der Waals surface area (Å²) in [6.45, 7) is 2.95. The van der Waals surface area contributed by atoms with E-state index in [4.69, 9.17) is 5.26 Å². The minimum absolute atomic E-state index is 0.00337.